The second-order valence-corrected chi connectivity index (χ2v) is 4.93. The van der Waals surface area contributed by atoms with Gasteiger partial charge in [0.15, 0.2) is 5.79 Å². The average molecular weight is 272 g/mol. The molecular formula is C12H20N2O5. The van der Waals surface area contributed by atoms with Gasteiger partial charge in [-0.25, -0.2) is 0 Å². The summed E-state index contributed by atoms with van der Waals surface area (Å²) >= 11 is 0. The van der Waals surface area contributed by atoms with Crippen molar-refractivity contribution >= 4 is 11.9 Å². The van der Waals surface area contributed by atoms with Crippen molar-refractivity contribution in [3.63, 3.8) is 0 Å². The summed E-state index contributed by atoms with van der Waals surface area (Å²) in [6, 6.07) is -0.335. The first-order valence-electron chi connectivity index (χ1n) is 6.54. The van der Waals surface area contributed by atoms with Gasteiger partial charge in [-0.3, -0.25) is 14.5 Å². The highest BCUT2D eigenvalue weighted by molar-refractivity contribution is 5.84. The maximum atomic E-state index is 11.8. The van der Waals surface area contributed by atoms with Gasteiger partial charge in [-0.1, -0.05) is 0 Å². The number of piperidine rings is 1. The molecule has 2 N–H and O–H groups in total. The lowest BCUT2D eigenvalue weighted by Gasteiger charge is -2.39. The molecule has 7 nitrogen and oxygen atoms in total. The van der Waals surface area contributed by atoms with E-state index in [-0.39, 0.29) is 18.5 Å². The minimum absolute atomic E-state index is 0.258. The van der Waals surface area contributed by atoms with E-state index in [1.165, 1.54) is 0 Å². The SMILES string of the molecule is CC(C(=O)NCC(=O)O)N1CCC2(CC1)OCCO2. The molecule has 0 aliphatic carbocycles. The fourth-order valence-corrected chi connectivity index (χ4v) is 2.51. The zero-order valence-corrected chi connectivity index (χ0v) is 11.1. The molecule has 1 atom stereocenters. The first-order valence-corrected chi connectivity index (χ1v) is 6.54. The molecule has 0 aromatic heterocycles. The van der Waals surface area contributed by atoms with Crippen LogP contribution in [-0.2, 0) is 19.1 Å². The Kier molecular flexibility index (Phi) is 4.38. The molecular weight excluding hydrogens is 252 g/mol. The standard InChI is InChI=1S/C12H20N2O5/c1-9(11(17)13-8-10(15)16)14-4-2-12(3-5-14)18-6-7-19-12/h9H,2-8H2,1H3,(H,13,17)(H,15,16). The molecule has 2 aliphatic heterocycles. The van der Waals surface area contributed by atoms with Crippen LogP contribution in [0.2, 0.25) is 0 Å². The minimum atomic E-state index is -1.04. The van der Waals surface area contributed by atoms with Gasteiger partial charge in [0, 0.05) is 25.9 Å². The molecule has 1 unspecified atom stereocenters. The highest BCUT2D eigenvalue weighted by Crippen LogP contribution is 2.31. The van der Waals surface area contributed by atoms with Gasteiger partial charge < -0.3 is 19.9 Å². The number of amides is 1. The van der Waals surface area contributed by atoms with Gasteiger partial charge in [-0.15, -0.1) is 0 Å². The number of carbonyl (C=O) groups excluding carboxylic acids is 1. The molecule has 2 fully saturated rings. The lowest BCUT2D eigenvalue weighted by Crippen LogP contribution is -2.52. The quantitative estimate of drug-likeness (QED) is 0.711. The number of nitrogens with one attached hydrogen (secondary N) is 1. The number of hydrogen-bond acceptors (Lipinski definition) is 5. The molecule has 0 aromatic carbocycles. The van der Waals surface area contributed by atoms with Crippen LogP contribution in [0.15, 0.2) is 0 Å². The lowest BCUT2D eigenvalue weighted by atomic mass is 10.0. The van der Waals surface area contributed by atoms with E-state index >= 15 is 0 Å². The summed E-state index contributed by atoms with van der Waals surface area (Å²) in [7, 11) is 0. The average Bonchev–Trinajstić information content (AvgIpc) is 2.84. The van der Waals surface area contributed by atoms with Crippen molar-refractivity contribution in [1.29, 1.82) is 0 Å². The Morgan fingerprint density at radius 3 is 2.42 bits per heavy atom. The number of carboxylic acids is 1. The Morgan fingerprint density at radius 2 is 1.89 bits per heavy atom. The zero-order valence-electron chi connectivity index (χ0n) is 11.1. The summed E-state index contributed by atoms with van der Waals surface area (Å²) in [4.78, 5) is 24.2. The maximum absolute atomic E-state index is 11.8. The van der Waals surface area contributed by atoms with Crippen LogP contribution >= 0.6 is 0 Å². The van der Waals surface area contributed by atoms with Gasteiger partial charge in [-0.2, -0.15) is 0 Å². The highest BCUT2D eigenvalue weighted by Gasteiger charge is 2.41. The normalized spacial score (nSPS) is 24.3. The molecule has 0 bridgehead atoms. The molecule has 2 aliphatic rings. The van der Waals surface area contributed by atoms with Crippen molar-refractivity contribution in [2.45, 2.75) is 31.6 Å². The lowest BCUT2D eigenvalue weighted by molar-refractivity contribution is -0.188. The predicted molar refractivity (Wildman–Crippen MR) is 65.5 cm³/mol. The summed E-state index contributed by atoms with van der Waals surface area (Å²) in [5.41, 5.74) is 0. The van der Waals surface area contributed by atoms with Crippen molar-refractivity contribution in [2.75, 3.05) is 32.8 Å². The number of carbonyl (C=O) groups is 2. The number of ether oxygens (including phenoxy) is 2. The van der Waals surface area contributed by atoms with E-state index in [1.54, 1.807) is 6.92 Å². The Balaban J connectivity index is 1.79. The van der Waals surface area contributed by atoms with Gasteiger partial charge in [-0.05, 0) is 6.92 Å². The van der Waals surface area contributed by atoms with Gasteiger partial charge in [0.1, 0.15) is 6.54 Å². The van der Waals surface area contributed by atoms with Crippen LogP contribution in [0.3, 0.4) is 0 Å². The van der Waals surface area contributed by atoms with E-state index in [0.29, 0.717) is 26.3 Å². The third kappa shape index (κ3) is 3.43. The molecule has 1 amide bonds. The van der Waals surface area contributed by atoms with E-state index in [2.05, 4.69) is 5.32 Å². The first kappa shape index (κ1) is 14.2. The van der Waals surface area contributed by atoms with Crippen molar-refractivity contribution in [3.8, 4) is 0 Å². The van der Waals surface area contributed by atoms with Crippen molar-refractivity contribution in [2.24, 2.45) is 0 Å². The van der Waals surface area contributed by atoms with Crippen LogP contribution in [0.4, 0.5) is 0 Å². The molecule has 0 saturated carbocycles. The molecule has 7 heteroatoms. The fourth-order valence-electron chi connectivity index (χ4n) is 2.51. The fraction of sp³-hybridized carbons (Fsp3) is 0.833. The van der Waals surface area contributed by atoms with Crippen LogP contribution in [0.5, 0.6) is 0 Å². The minimum Gasteiger partial charge on any atom is -0.480 e. The zero-order chi connectivity index (χ0) is 13.9. The van der Waals surface area contributed by atoms with Crippen molar-refractivity contribution in [1.82, 2.24) is 10.2 Å². The predicted octanol–water partition coefficient (Wildman–Crippen LogP) is -0.585. The maximum Gasteiger partial charge on any atom is 0.322 e. The number of carboxylic acid groups (broad SMARTS) is 1. The number of nitrogens with zero attached hydrogens (tertiary/aromatic N) is 1. The van der Waals surface area contributed by atoms with E-state index in [4.69, 9.17) is 14.6 Å². The first-order chi connectivity index (χ1) is 9.02. The number of rotatable bonds is 4. The monoisotopic (exact) mass is 272 g/mol. The van der Waals surface area contributed by atoms with Gasteiger partial charge in [0.25, 0.3) is 0 Å². The Hall–Kier alpha value is -1.18. The van der Waals surface area contributed by atoms with Crippen LogP contribution in [0, 0.1) is 0 Å². The van der Waals surface area contributed by atoms with Crippen molar-refractivity contribution < 1.29 is 24.2 Å². The number of hydrogen-bond donors (Lipinski definition) is 2. The van der Waals surface area contributed by atoms with E-state index in [1.807, 2.05) is 4.90 Å². The van der Waals surface area contributed by atoms with Gasteiger partial charge in [0.05, 0.1) is 19.3 Å². The summed E-state index contributed by atoms with van der Waals surface area (Å²) in [6.07, 6.45) is 1.48. The Morgan fingerprint density at radius 1 is 1.32 bits per heavy atom. The van der Waals surface area contributed by atoms with E-state index < -0.39 is 11.8 Å². The summed E-state index contributed by atoms with van der Waals surface area (Å²) in [6.45, 7) is 4.13. The van der Waals surface area contributed by atoms with E-state index in [9.17, 15) is 9.59 Å². The topological polar surface area (TPSA) is 88.1 Å². The second-order valence-electron chi connectivity index (χ2n) is 4.93. The van der Waals surface area contributed by atoms with Crippen LogP contribution in [0.1, 0.15) is 19.8 Å². The summed E-state index contributed by atoms with van der Waals surface area (Å²) in [5.74, 6) is -1.74. The molecule has 108 valence electrons. The molecule has 2 heterocycles. The molecule has 19 heavy (non-hydrogen) atoms. The Bertz CT molecular complexity index is 344. The van der Waals surface area contributed by atoms with Crippen LogP contribution < -0.4 is 5.32 Å². The van der Waals surface area contributed by atoms with Gasteiger partial charge in [0.2, 0.25) is 5.91 Å². The third-order valence-electron chi connectivity index (χ3n) is 3.71. The second kappa shape index (κ2) is 5.85. The summed E-state index contributed by atoms with van der Waals surface area (Å²) < 4.78 is 11.2. The van der Waals surface area contributed by atoms with Crippen LogP contribution in [-0.4, -0.2) is 66.6 Å². The smallest absolute Gasteiger partial charge is 0.322 e. The molecule has 0 radical (unpaired) electrons. The molecule has 2 saturated heterocycles. The van der Waals surface area contributed by atoms with E-state index in [0.717, 1.165) is 12.8 Å². The number of likely N-dealkylation sites (tertiary alicyclic amines) is 1. The van der Waals surface area contributed by atoms with Gasteiger partial charge >= 0.3 is 5.97 Å². The molecule has 0 aromatic rings. The molecule has 2 rings (SSSR count). The largest absolute Gasteiger partial charge is 0.480 e. The summed E-state index contributed by atoms with van der Waals surface area (Å²) in [5, 5.41) is 10.9. The van der Waals surface area contributed by atoms with Crippen molar-refractivity contribution in [3.05, 3.63) is 0 Å². The Labute approximate surface area is 111 Å². The molecule has 1 spiro atoms. The van der Waals surface area contributed by atoms with Crippen LogP contribution in [0.25, 0.3) is 0 Å². The number of aliphatic carboxylic acids is 1. The third-order valence-corrected chi connectivity index (χ3v) is 3.71. The highest BCUT2D eigenvalue weighted by atomic mass is 16.7.